The monoisotopic (exact) mass is 450 g/mol. The van der Waals surface area contributed by atoms with Gasteiger partial charge in [-0.05, 0) is 60.2 Å². The van der Waals surface area contributed by atoms with E-state index < -0.39 is 0 Å². The van der Waals surface area contributed by atoms with Crippen molar-refractivity contribution >= 4 is 28.9 Å². The van der Waals surface area contributed by atoms with Crippen LogP contribution in [0, 0.1) is 0 Å². The second-order valence-corrected chi connectivity index (χ2v) is 7.29. The van der Waals surface area contributed by atoms with Gasteiger partial charge in [0.15, 0.2) is 5.11 Å². The molecule has 0 saturated carbocycles. The van der Waals surface area contributed by atoms with Crippen molar-refractivity contribution in [3.63, 3.8) is 0 Å². The molecule has 0 aromatic heterocycles. The molecule has 1 amide bonds. The smallest absolute Gasteiger partial charge is 0.257 e. The summed E-state index contributed by atoms with van der Waals surface area (Å²) in [6, 6.07) is 24.4. The zero-order chi connectivity index (χ0) is 22.6. The fourth-order valence-electron chi connectivity index (χ4n) is 2.87. The highest BCUT2D eigenvalue weighted by atomic mass is 32.1. The molecular formula is C25H26N2O4S. The van der Waals surface area contributed by atoms with Gasteiger partial charge in [-0.1, -0.05) is 36.4 Å². The SMILES string of the molecule is COCCOc1ccc(NC(=S)NC(=O)c2cccc(OCCc3ccccc3)c2)cc1. The summed E-state index contributed by atoms with van der Waals surface area (Å²) in [5.74, 6) is 1.05. The van der Waals surface area contributed by atoms with Gasteiger partial charge >= 0.3 is 0 Å². The van der Waals surface area contributed by atoms with Crippen LogP contribution in [0.5, 0.6) is 11.5 Å². The number of thiocarbonyl (C=S) groups is 1. The van der Waals surface area contributed by atoms with Crippen molar-refractivity contribution in [2.24, 2.45) is 0 Å². The van der Waals surface area contributed by atoms with E-state index in [4.69, 9.17) is 26.4 Å². The number of ether oxygens (including phenoxy) is 3. The van der Waals surface area contributed by atoms with Crippen LogP contribution in [-0.2, 0) is 11.2 Å². The first-order chi connectivity index (χ1) is 15.6. The molecule has 0 aliphatic heterocycles. The molecule has 2 N–H and O–H groups in total. The Morgan fingerprint density at radius 1 is 0.844 bits per heavy atom. The fraction of sp³-hybridized carbons (Fsp3) is 0.200. The van der Waals surface area contributed by atoms with E-state index in [9.17, 15) is 4.79 Å². The lowest BCUT2D eigenvalue weighted by Crippen LogP contribution is -2.34. The topological polar surface area (TPSA) is 68.8 Å². The third kappa shape index (κ3) is 7.68. The van der Waals surface area contributed by atoms with Gasteiger partial charge in [0, 0.05) is 24.8 Å². The Balaban J connectivity index is 1.47. The van der Waals surface area contributed by atoms with Gasteiger partial charge in [0.1, 0.15) is 18.1 Å². The van der Waals surface area contributed by atoms with Gasteiger partial charge in [0.05, 0.1) is 13.2 Å². The van der Waals surface area contributed by atoms with Gasteiger partial charge in [-0.3, -0.25) is 10.1 Å². The lowest BCUT2D eigenvalue weighted by molar-refractivity contribution is 0.0977. The summed E-state index contributed by atoms with van der Waals surface area (Å²) in [6.45, 7) is 1.53. The largest absolute Gasteiger partial charge is 0.493 e. The minimum atomic E-state index is -0.310. The molecule has 7 heteroatoms. The fourth-order valence-corrected chi connectivity index (χ4v) is 3.08. The lowest BCUT2D eigenvalue weighted by atomic mass is 10.2. The lowest BCUT2D eigenvalue weighted by Gasteiger charge is -2.12. The average Bonchev–Trinajstić information content (AvgIpc) is 2.81. The molecule has 166 valence electrons. The maximum atomic E-state index is 12.6. The predicted molar refractivity (Wildman–Crippen MR) is 130 cm³/mol. The maximum Gasteiger partial charge on any atom is 0.257 e. The highest BCUT2D eigenvalue weighted by molar-refractivity contribution is 7.80. The Morgan fingerprint density at radius 3 is 2.34 bits per heavy atom. The number of methoxy groups -OCH3 is 1. The number of hydrogen-bond acceptors (Lipinski definition) is 5. The Labute approximate surface area is 193 Å². The normalized spacial score (nSPS) is 10.3. The van der Waals surface area contributed by atoms with Gasteiger partial charge in [0.25, 0.3) is 5.91 Å². The van der Waals surface area contributed by atoms with Crippen molar-refractivity contribution in [3.05, 3.63) is 90.0 Å². The molecule has 3 aromatic rings. The Hall–Kier alpha value is -3.42. The number of hydrogen-bond donors (Lipinski definition) is 2. The number of carbonyl (C=O) groups excluding carboxylic acids is 1. The van der Waals surface area contributed by atoms with Crippen LogP contribution in [0.2, 0.25) is 0 Å². The minimum absolute atomic E-state index is 0.207. The molecule has 3 aromatic carbocycles. The van der Waals surface area contributed by atoms with Crippen LogP contribution in [0.15, 0.2) is 78.9 Å². The summed E-state index contributed by atoms with van der Waals surface area (Å²) in [7, 11) is 1.63. The average molecular weight is 451 g/mol. The van der Waals surface area contributed by atoms with Crippen LogP contribution in [0.25, 0.3) is 0 Å². The highest BCUT2D eigenvalue weighted by Gasteiger charge is 2.09. The Kier molecular flexibility index (Phi) is 9.04. The predicted octanol–water partition coefficient (Wildman–Crippen LogP) is 4.46. The second-order valence-electron chi connectivity index (χ2n) is 6.89. The van der Waals surface area contributed by atoms with Crippen LogP contribution < -0.4 is 20.1 Å². The van der Waals surface area contributed by atoms with Gasteiger partial charge in [-0.15, -0.1) is 0 Å². The summed E-state index contributed by atoms with van der Waals surface area (Å²) in [4.78, 5) is 12.6. The molecule has 0 aliphatic rings. The minimum Gasteiger partial charge on any atom is -0.493 e. The second kappa shape index (κ2) is 12.4. The molecule has 0 atom stereocenters. The van der Waals surface area contributed by atoms with Crippen LogP contribution in [0.4, 0.5) is 5.69 Å². The molecule has 3 rings (SSSR count). The van der Waals surface area contributed by atoms with Gasteiger partial charge in [0.2, 0.25) is 0 Å². The molecule has 0 unspecified atom stereocenters. The third-order valence-corrected chi connectivity index (χ3v) is 4.70. The van der Waals surface area contributed by atoms with Crippen molar-refractivity contribution in [1.29, 1.82) is 0 Å². The Morgan fingerprint density at radius 2 is 1.59 bits per heavy atom. The first-order valence-electron chi connectivity index (χ1n) is 10.2. The molecule has 0 fully saturated rings. The summed E-state index contributed by atoms with van der Waals surface area (Å²) < 4.78 is 16.3. The van der Waals surface area contributed by atoms with E-state index in [0.717, 1.165) is 17.9 Å². The van der Waals surface area contributed by atoms with Crippen LogP contribution in [0.1, 0.15) is 15.9 Å². The number of nitrogens with one attached hydrogen (secondary N) is 2. The first-order valence-corrected chi connectivity index (χ1v) is 10.7. The zero-order valence-electron chi connectivity index (χ0n) is 17.9. The third-order valence-electron chi connectivity index (χ3n) is 4.49. The number of anilines is 1. The molecule has 32 heavy (non-hydrogen) atoms. The van der Waals surface area contributed by atoms with Crippen LogP contribution >= 0.6 is 12.2 Å². The van der Waals surface area contributed by atoms with Crippen molar-refractivity contribution in [1.82, 2.24) is 5.32 Å². The Bertz CT molecular complexity index is 1010. The van der Waals surface area contributed by atoms with E-state index in [1.54, 1.807) is 25.3 Å². The summed E-state index contributed by atoms with van der Waals surface area (Å²) in [5.41, 5.74) is 2.41. The highest BCUT2D eigenvalue weighted by Crippen LogP contribution is 2.16. The number of amides is 1. The molecule has 6 nitrogen and oxygen atoms in total. The molecule has 0 heterocycles. The van der Waals surface area contributed by atoms with Crippen molar-refractivity contribution in [2.45, 2.75) is 6.42 Å². The number of benzene rings is 3. The molecule has 0 bridgehead atoms. The summed E-state index contributed by atoms with van der Waals surface area (Å²) >= 11 is 5.27. The van der Waals surface area contributed by atoms with Gasteiger partial charge < -0.3 is 19.5 Å². The van der Waals surface area contributed by atoms with E-state index in [0.29, 0.717) is 31.1 Å². The quantitative estimate of drug-likeness (QED) is 0.351. The van der Waals surface area contributed by atoms with Crippen LogP contribution in [-0.4, -0.2) is 38.0 Å². The van der Waals surface area contributed by atoms with Crippen molar-refractivity contribution < 1.29 is 19.0 Å². The van der Waals surface area contributed by atoms with E-state index in [2.05, 4.69) is 22.8 Å². The number of rotatable bonds is 10. The molecule has 0 aliphatic carbocycles. The van der Waals surface area contributed by atoms with E-state index >= 15 is 0 Å². The van der Waals surface area contributed by atoms with Gasteiger partial charge in [-0.25, -0.2) is 0 Å². The molecular weight excluding hydrogens is 424 g/mol. The maximum absolute atomic E-state index is 12.6. The van der Waals surface area contributed by atoms with E-state index in [1.165, 1.54) is 5.56 Å². The van der Waals surface area contributed by atoms with Crippen molar-refractivity contribution in [2.75, 3.05) is 32.2 Å². The molecule has 0 radical (unpaired) electrons. The number of carbonyl (C=O) groups is 1. The summed E-state index contributed by atoms with van der Waals surface area (Å²) in [6.07, 6.45) is 0.793. The summed E-state index contributed by atoms with van der Waals surface area (Å²) in [5, 5.41) is 5.89. The van der Waals surface area contributed by atoms with Gasteiger partial charge in [-0.2, -0.15) is 0 Å². The van der Waals surface area contributed by atoms with E-state index in [-0.39, 0.29) is 11.0 Å². The molecule has 0 spiro atoms. The standard InChI is InChI=1S/C25H26N2O4S/c1-29-16-17-31-22-12-10-21(11-13-22)26-25(32)27-24(28)20-8-5-9-23(18-20)30-15-14-19-6-3-2-4-7-19/h2-13,18H,14-17H2,1H3,(H2,26,27,28,32). The van der Waals surface area contributed by atoms with E-state index in [1.807, 2.05) is 48.5 Å². The van der Waals surface area contributed by atoms with Crippen molar-refractivity contribution in [3.8, 4) is 11.5 Å². The zero-order valence-corrected chi connectivity index (χ0v) is 18.7. The van der Waals surface area contributed by atoms with Crippen LogP contribution in [0.3, 0.4) is 0 Å². The molecule has 0 saturated heterocycles. The first kappa shape index (κ1) is 23.2.